The van der Waals surface area contributed by atoms with Crippen molar-refractivity contribution in [2.24, 2.45) is 11.7 Å². The second kappa shape index (κ2) is 3.71. The minimum absolute atomic E-state index is 0.229. The molecule has 0 saturated heterocycles. The first kappa shape index (κ1) is 7.73. The van der Waals surface area contributed by atoms with Gasteiger partial charge in [0.05, 0.1) is 6.54 Å². The fourth-order valence-electron chi connectivity index (χ4n) is 1.62. The van der Waals surface area contributed by atoms with Gasteiger partial charge >= 0.3 is 0 Å². The van der Waals surface area contributed by atoms with Crippen molar-refractivity contribution in [2.75, 3.05) is 6.54 Å². The highest BCUT2D eigenvalue weighted by Gasteiger charge is 2.16. The van der Waals surface area contributed by atoms with Gasteiger partial charge in [0, 0.05) is 6.42 Å². The van der Waals surface area contributed by atoms with Gasteiger partial charge in [-0.05, 0) is 5.92 Å². The molecule has 1 fully saturated rings. The Morgan fingerprint density at radius 2 is 2.00 bits per heavy atom. The molecule has 2 heteroatoms. The molecule has 58 valence electrons. The zero-order valence-corrected chi connectivity index (χ0v) is 6.31. The number of Topliss-reactive ketones (excluding diaryl/α,β-unsaturated/α-hetero) is 1. The Morgan fingerprint density at radius 1 is 1.40 bits per heavy atom. The van der Waals surface area contributed by atoms with Gasteiger partial charge in [0.25, 0.3) is 0 Å². The molecule has 1 rings (SSSR count). The third-order valence-electron chi connectivity index (χ3n) is 2.22. The van der Waals surface area contributed by atoms with Gasteiger partial charge in [-0.2, -0.15) is 0 Å². The number of rotatable bonds is 3. The maximum atomic E-state index is 10.8. The van der Waals surface area contributed by atoms with Crippen LogP contribution in [0.25, 0.3) is 0 Å². The Labute approximate surface area is 61.8 Å². The number of carbonyl (C=O) groups excluding carboxylic acids is 1. The van der Waals surface area contributed by atoms with Crippen LogP contribution in [0.5, 0.6) is 0 Å². The van der Waals surface area contributed by atoms with Crippen molar-refractivity contribution in [1.82, 2.24) is 0 Å². The molecule has 2 N–H and O–H groups in total. The van der Waals surface area contributed by atoms with Crippen LogP contribution in [0.3, 0.4) is 0 Å². The molecule has 0 aliphatic heterocycles. The molecule has 0 aromatic heterocycles. The van der Waals surface area contributed by atoms with Gasteiger partial charge in [-0.3, -0.25) is 4.79 Å². The average Bonchev–Trinajstić information content (AvgIpc) is 2.40. The molecule has 0 bridgehead atoms. The molecule has 0 unspecified atom stereocenters. The first-order chi connectivity index (χ1) is 4.83. The van der Waals surface area contributed by atoms with E-state index in [1.807, 2.05) is 0 Å². The van der Waals surface area contributed by atoms with Crippen LogP contribution >= 0.6 is 0 Å². The van der Waals surface area contributed by atoms with E-state index < -0.39 is 0 Å². The molecule has 0 aromatic rings. The van der Waals surface area contributed by atoms with Gasteiger partial charge in [-0.15, -0.1) is 0 Å². The van der Waals surface area contributed by atoms with E-state index in [9.17, 15) is 4.79 Å². The van der Waals surface area contributed by atoms with Crippen LogP contribution in [0, 0.1) is 5.92 Å². The SMILES string of the molecule is NCC(=O)CC1CCCC1. The molecule has 1 saturated carbocycles. The Morgan fingerprint density at radius 3 is 2.50 bits per heavy atom. The lowest BCUT2D eigenvalue weighted by atomic mass is 10.0. The Hall–Kier alpha value is -0.370. The lowest BCUT2D eigenvalue weighted by Gasteiger charge is -2.04. The van der Waals surface area contributed by atoms with Crippen LogP contribution in [0.15, 0.2) is 0 Å². The smallest absolute Gasteiger partial charge is 0.146 e. The van der Waals surface area contributed by atoms with Crippen molar-refractivity contribution in [3.8, 4) is 0 Å². The topological polar surface area (TPSA) is 43.1 Å². The molecule has 0 atom stereocenters. The zero-order valence-electron chi connectivity index (χ0n) is 6.31. The Kier molecular flexibility index (Phi) is 2.87. The quantitative estimate of drug-likeness (QED) is 0.639. The van der Waals surface area contributed by atoms with E-state index in [0.29, 0.717) is 5.92 Å². The number of ketones is 1. The van der Waals surface area contributed by atoms with Crippen molar-refractivity contribution in [3.63, 3.8) is 0 Å². The molecule has 0 radical (unpaired) electrons. The van der Waals surface area contributed by atoms with Crippen LogP contribution < -0.4 is 5.73 Å². The van der Waals surface area contributed by atoms with Gasteiger partial charge < -0.3 is 5.73 Å². The van der Waals surface area contributed by atoms with E-state index in [1.165, 1.54) is 25.7 Å². The summed E-state index contributed by atoms with van der Waals surface area (Å²) in [7, 11) is 0. The summed E-state index contributed by atoms with van der Waals surface area (Å²) in [5.74, 6) is 0.892. The van der Waals surface area contributed by atoms with E-state index in [0.717, 1.165) is 6.42 Å². The van der Waals surface area contributed by atoms with Crippen LogP contribution in [0.1, 0.15) is 32.1 Å². The predicted molar refractivity (Wildman–Crippen MR) is 40.6 cm³/mol. The lowest BCUT2D eigenvalue weighted by molar-refractivity contribution is -0.118. The third-order valence-corrected chi connectivity index (χ3v) is 2.22. The number of hydrogen-bond acceptors (Lipinski definition) is 2. The van der Waals surface area contributed by atoms with E-state index in [2.05, 4.69) is 0 Å². The summed E-state index contributed by atoms with van der Waals surface area (Å²) in [4.78, 5) is 10.8. The highest BCUT2D eigenvalue weighted by Crippen LogP contribution is 2.27. The van der Waals surface area contributed by atoms with Crippen LogP contribution in [0.2, 0.25) is 0 Å². The maximum absolute atomic E-state index is 10.8. The average molecular weight is 141 g/mol. The van der Waals surface area contributed by atoms with Gasteiger partial charge in [0.1, 0.15) is 5.78 Å². The maximum Gasteiger partial charge on any atom is 0.146 e. The lowest BCUT2D eigenvalue weighted by Crippen LogP contribution is -2.16. The fraction of sp³-hybridized carbons (Fsp3) is 0.875. The number of nitrogens with two attached hydrogens (primary N) is 1. The van der Waals surface area contributed by atoms with Crippen LogP contribution in [0.4, 0.5) is 0 Å². The largest absolute Gasteiger partial charge is 0.324 e. The molecule has 1 aliphatic carbocycles. The standard InChI is InChI=1S/C8H15NO/c9-6-8(10)5-7-3-1-2-4-7/h7H,1-6,9H2. The molecule has 0 heterocycles. The minimum Gasteiger partial charge on any atom is -0.324 e. The summed E-state index contributed by atoms with van der Waals surface area (Å²) in [5, 5.41) is 0. The molecule has 0 aromatic carbocycles. The second-order valence-corrected chi connectivity index (χ2v) is 3.10. The Bertz CT molecular complexity index is 116. The van der Waals surface area contributed by atoms with Crippen molar-refractivity contribution in [2.45, 2.75) is 32.1 Å². The van der Waals surface area contributed by atoms with E-state index in [-0.39, 0.29) is 12.3 Å². The first-order valence-corrected chi connectivity index (χ1v) is 4.04. The number of carbonyl (C=O) groups is 1. The van der Waals surface area contributed by atoms with E-state index in [4.69, 9.17) is 5.73 Å². The van der Waals surface area contributed by atoms with Crippen LogP contribution in [-0.4, -0.2) is 12.3 Å². The summed E-state index contributed by atoms with van der Waals surface area (Å²) in [6, 6.07) is 0. The highest BCUT2D eigenvalue weighted by atomic mass is 16.1. The summed E-state index contributed by atoms with van der Waals surface area (Å²) in [6.45, 7) is 0.233. The summed E-state index contributed by atoms with van der Waals surface area (Å²) >= 11 is 0. The molecule has 0 spiro atoms. The third kappa shape index (κ3) is 2.10. The summed E-state index contributed by atoms with van der Waals surface area (Å²) in [6.07, 6.45) is 5.83. The van der Waals surface area contributed by atoms with Gasteiger partial charge in [0.2, 0.25) is 0 Å². The van der Waals surface area contributed by atoms with Crippen molar-refractivity contribution >= 4 is 5.78 Å². The highest BCUT2D eigenvalue weighted by molar-refractivity contribution is 5.80. The number of hydrogen-bond donors (Lipinski definition) is 1. The monoisotopic (exact) mass is 141 g/mol. The van der Waals surface area contributed by atoms with Gasteiger partial charge in [-0.25, -0.2) is 0 Å². The van der Waals surface area contributed by atoms with Crippen LogP contribution in [-0.2, 0) is 4.79 Å². The molecule has 0 amide bonds. The fourth-order valence-corrected chi connectivity index (χ4v) is 1.62. The summed E-state index contributed by atoms with van der Waals surface area (Å²) < 4.78 is 0. The van der Waals surface area contributed by atoms with E-state index >= 15 is 0 Å². The zero-order chi connectivity index (χ0) is 7.40. The first-order valence-electron chi connectivity index (χ1n) is 4.04. The minimum atomic E-state index is 0.229. The molecule has 2 nitrogen and oxygen atoms in total. The van der Waals surface area contributed by atoms with Gasteiger partial charge in [-0.1, -0.05) is 25.7 Å². The predicted octanol–water partition coefficient (Wildman–Crippen LogP) is 1.09. The normalized spacial score (nSPS) is 19.7. The second-order valence-electron chi connectivity index (χ2n) is 3.10. The van der Waals surface area contributed by atoms with Crippen molar-refractivity contribution in [1.29, 1.82) is 0 Å². The van der Waals surface area contributed by atoms with Gasteiger partial charge in [0.15, 0.2) is 0 Å². The van der Waals surface area contributed by atoms with Crippen molar-refractivity contribution < 1.29 is 4.79 Å². The molecular weight excluding hydrogens is 126 g/mol. The molecule has 1 aliphatic rings. The van der Waals surface area contributed by atoms with Crippen molar-refractivity contribution in [3.05, 3.63) is 0 Å². The molecular formula is C8H15NO. The summed E-state index contributed by atoms with van der Waals surface area (Å²) in [5.41, 5.74) is 5.20. The molecule has 10 heavy (non-hydrogen) atoms. The Balaban J connectivity index is 2.17. The van der Waals surface area contributed by atoms with E-state index in [1.54, 1.807) is 0 Å².